The summed E-state index contributed by atoms with van der Waals surface area (Å²) >= 11 is 0. The van der Waals surface area contributed by atoms with Gasteiger partial charge in [-0.2, -0.15) is 0 Å². The van der Waals surface area contributed by atoms with Gasteiger partial charge >= 0.3 is 0 Å². The Hall–Kier alpha value is -1.55. The van der Waals surface area contributed by atoms with Gasteiger partial charge in [-0.05, 0) is 32.8 Å². The number of amides is 1. The quantitative estimate of drug-likeness (QED) is 0.901. The topological polar surface area (TPSA) is 55.6 Å². The van der Waals surface area contributed by atoms with E-state index in [9.17, 15) is 4.79 Å². The number of hydrogen-bond donors (Lipinski definition) is 1. The van der Waals surface area contributed by atoms with Crippen molar-refractivity contribution in [3.63, 3.8) is 0 Å². The number of likely N-dealkylation sites (tertiary alicyclic amines) is 1. The molecule has 1 unspecified atom stereocenters. The molecule has 1 saturated heterocycles. The van der Waals surface area contributed by atoms with Gasteiger partial charge in [-0.25, -0.2) is 0 Å². The highest BCUT2D eigenvalue weighted by atomic mass is 16.5. The first kappa shape index (κ1) is 13.9. The number of nitrogens with zero attached hydrogens (tertiary/aromatic N) is 1. The van der Waals surface area contributed by atoms with Gasteiger partial charge in [0.15, 0.2) is 6.10 Å². The highest BCUT2D eigenvalue weighted by Crippen LogP contribution is 2.21. The van der Waals surface area contributed by atoms with Crippen molar-refractivity contribution < 1.29 is 9.53 Å². The summed E-state index contributed by atoms with van der Waals surface area (Å²) in [6.07, 6.45) is 1.74. The number of benzene rings is 1. The first-order valence-electron chi connectivity index (χ1n) is 6.87. The summed E-state index contributed by atoms with van der Waals surface area (Å²) in [4.78, 5) is 14.1. The standard InChI is InChI=1S/C15H22N2O2/c1-11-5-6-14(13(9-11)10-16)19-12(2)15(18)17-7-3-4-8-17/h5-6,9,12H,3-4,7-8,10,16H2,1-2H3. The van der Waals surface area contributed by atoms with E-state index >= 15 is 0 Å². The molecule has 4 heteroatoms. The third-order valence-electron chi connectivity index (χ3n) is 3.51. The SMILES string of the molecule is Cc1ccc(OC(C)C(=O)N2CCCC2)c(CN)c1. The van der Waals surface area contributed by atoms with Crippen LogP contribution in [0.15, 0.2) is 18.2 Å². The summed E-state index contributed by atoms with van der Waals surface area (Å²) in [5.74, 6) is 0.786. The van der Waals surface area contributed by atoms with Gasteiger partial charge in [0.05, 0.1) is 0 Å². The van der Waals surface area contributed by atoms with E-state index in [-0.39, 0.29) is 5.91 Å². The Morgan fingerprint density at radius 2 is 2.11 bits per heavy atom. The van der Waals surface area contributed by atoms with E-state index in [0.717, 1.165) is 37.1 Å². The maximum atomic E-state index is 12.2. The van der Waals surface area contributed by atoms with Gasteiger partial charge in [-0.1, -0.05) is 17.7 Å². The van der Waals surface area contributed by atoms with E-state index in [0.29, 0.717) is 12.3 Å². The molecule has 104 valence electrons. The lowest BCUT2D eigenvalue weighted by Crippen LogP contribution is -2.38. The highest BCUT2D eigenvalue weighted by molar-refractivity contribution is 5.81. The van der Waals surface area contributed by atoms with Crippen LogP contribution in [-0.4, -0.2) is 30.0 Å². The first-order valence-corrected chi connectivity index (χ1v) is 6.87. The fourth-order valence-electron chi connectivity index (χ4n) is 2.42. The largest absolute Gasteiger partial charge is 0.481 e. The van der Waals surface area contributed by atoms with Crippen molar-refractivity contribution in [3.8, 4) is 5.75 Å². The average Bonchev–Trinajstić information content (AvgIpc) is 2.93. The molecule has 2 N–H and O–H groups in total. The van der Waals surface area contributed by atoms with Crippen LogP contribution in [0.25, 0.3) is 0 Å². The summed E-state index contributed by atoms with van der Waals surface area (Å²) in [7, 11) is 0. The molecule has 2 rings (SSSR count). The fourth-order valence-corrected chi connectivity index (χ4v) is 2.42. The number of nitrogens with two attached hydrogens (primary N) is 1. The summed E-state index contributed by atoms with van der Waals surface area (Å²) < 4.78 is 5.79. The second-order valence-corrected chi connectivity index (χ2v) is 5.11. The normalized spacial score (nSPS) is 16.5. The molecule has 0 saturated carbocycles. The fraction of sp³-hybridized carbons (Fsp3) is 0.533. The molecular weight excluding hydrogens is 240 g/mol. The molecule has 1 aliphatic heterocycles. The van der Waals surface area contributed by atoms with Crippen LogP contribution in [0.1, 0.15) is 30.9 Å². The second-order valence-electron chi connectivity index (χ2n) is 5.11. The van der Waals surface area contributed by atoms with Crippen LogP contribution >= 0.6 is 0 Å². The van der Waals surface area contributed by atoms with Crippen molar-refractivity contribution in [3.05, 3.63) is 29.3 Å². The molecule has 4 nitrogen and oxygen atoms in total. The highest BCUT2D eigenvalue weighted by Gasteiger charge is 2.24. The lowest BCUT2D eigenvalue weighted by atomic mass is 10.1. The Morgan fingerprint density at radius 1 is 1.42 bits per heavy atom. The second kappa shape index (κ2) is 6.06. The van der Waals surface area contributed by atoms with Crippen molar-refractivity contribution in [2.24, 2.45) is 5.73 Å². The molecule has 1 aromatic rings. The Bertz CT molecular complexity index is 453. The molecule has 0 aliphatic carbocycles. The van der Waals surface area contributed by atoms with E-state index < -0.39 is 6.10 Å². The van der Waals surface area contributed by atoms with Gasteiger partial charge in [-0.3, -0.25) is 4.79 Å². The molecule has 1 aromatic carbocycles. The maximum absolute atomic E-state index is 12.2. The minimum atomic E-state index is -0.453. The zero-order chi connectivity index (χ0) is 13.8. The van der Waals surface area contributed by atoms with Gasteiger partial charge in [-0.15, -0.1) is 0 Å². The summed E-state index contributed by atoms with van der Waals surface area (Å²) in [5, 5.41) is 0. The van der Waals surface area contributed by atoms with Gasteiger partial charge in [0.2, 0.25) is 0 Å². The van der Waals surface area contributed by atoms with Crippen LogP contribution in [0.4, 0.5) is 0 Å². The Labute approximate surface area is 114 Å². The van der Waals surface area contributed by atoms with Gasteiger partial charge in [0.25, 0.3) is 5.91 Å². The van der Waals surface area contributed by atoms with E-state index in [1.807, 2.05) is 30.0 Å². The molecule has 1 atom stereocenters. The van der Waals surface area contributed by atoms with Crippen molar-refractivity contribution in [1.29, 1.82) is 0 Å². The first-order chi connectivity index (χ1) is 9.11. The van der Waals surface area contributed by atoms with Crippen LogP contribution in [0, 0.1) is 6.92 Å². The van der Waals surface area contributed by atoms with Crippen LogP contribution in [0.2, 0.25) is 0 Å². The Balaban J connectivity index is 2.05. The summed E-state index contributed by atoms with van der Waals surface area (Å²) in [6.45, 7) is 5.94. The summed E-state index contributed by atoms with van der Waals surface area (Å²) in [6, 6.07) is 5.87. The molecule has 1 heterocycles. The zero-order valence-electron chi connectivity index (χ0n) is 11.7. The summed E-state index contributed by atoms with van der Waals surface area (Å²) in [5.41, 5.74) is 7.81. The van der Waals surface area contributed by atoms with Crippen LogP contribution in [-0.2, 0) is 11.3 Å². The Kier molecular flexibility index (Phi) is 4.43. The molecule has 19 heavy (non-hydrogen) atoms. The van der Waals surface area contributed by atoms with Crippen molar-refractivity contribution in [2.45, 2.75) is 39.3 Å². The third kappa shape index (κ3) is 3.26. The lowest BCUT2D eigenvalue weighted by molar-refractivity contribution is -0.136. The predicted octanol–water partition coefficient (Wildman–Crippen LogP) is 1.84. The molecule has 0 bridgehead atoms. The molecule has 0 spiro atoms. The number of carbonyl (C=O) groups excluding carboxylic acids is 1. The maximum Gasteiger partial charge on any atom is 0.263 e. The minimum Gasteiger partial charge on any atom is -0.481 e. The molecule has 1 fully saturated rings. The van der Waals surface area contributed by atoms with E-state index in [1.165, 1.54) is 0 Å². The molecule has 1 aliphatic rings. The molecule has 0 aromatic heterocycles. The zero-order valence-corrected chi connectivity index (χ0v) is 11.7. The number of carbonyl (C=O) groups is 1. The number of ether oxygens (including phenoxy) is 1. The Morgan fingerprint density at radius 3 is 2.74 bits per heavy atom. The van der Waals surface area contributed by atoms with E-state index in [1.54, 1.807) is 6.92 Å². The van der Waals surface area contributed by atoms with E-state index in [4.69, 9.17) is 10.5 Å². The van der Waals surface area contributed by atoms with Gasteiger partial charge in [0.1, 0.15) is 5.75 Å². The van der Waals surface area contributed by atoms with E-state index in [2.05, 4.69) is 0 Å². The minimum absolute atomic E-state index is 0.0704. The van der Waals surface area contributed by atoms with Crippen molar-refractivity contribution >= 4 is 5.91 Å². The smallest absolute Gasteiger partial charge is 0.263 e. The van der Waals surface area contributed by atoms with Crippen LogP contribution < -0.4 is 10.5 Å². The van der Waals surface area contributed by atoms with Crippen LogP contribution in [0.3, 0.4) is 0 Å². The molecular formula is C15H22N2O2. The molecule has 0 radical (unpaired) electrons. The third-order valence-corrected chi connectivity index (χ3v) is 3.51. The van der Waals surface area contributed by atoms with Crippen molar-refractivity contribution in [2.75, 3.05) is 13.1 Å². The number of hydrogen-bond acceptors (Lipinski definition) is 3. The predicted molar refractivity (Wildman–Crippen MR) is 75.0 cm³/mol. The van der Waals surface area contributed by atoms with Crippen LogP contribution in [0.5, 0.6) is 5.75 Å². The van der Waals surface area contributed by atoms with Crippen molar-refractivity contribution in [1.82, 2.24) is 4.90 Å². The van der Waals surface area contributed by atoms with Gasteiger partial charge in [0, 0.05) is 25.2 Å². The lowest BCUT2D eigenvalue weighted by Gasteiger charge is -2.22. The number of aryl methyl sites for hydroxylation is 1. The van der Waals surface area contributed by atoms with Gasteiger partial charge < -0.3 is 15.4 Å². The monoisotopic (exact) mass is 262 g/mol. The average molecular weight is 262 g/mol. The number of rotatable bonds is 4. The molecule has 1 amide bonds.